The molecule has 3 heterocycles. The number of aryl methyl sites for hydroxylation is 2. The van der Waals surface area contributed by atoms with E-state index in [0.717, 1.165) is 43.3 Å². The number of imidazole rings is 1. The van der Waals surface area contributed by atoms with Crippen molar-refractivity contribution in [3.8, 4) is 10.6 Å². The van der Waals surface area contributed by atoms with Crippen molar-refractivity contribution in [3.05, 3.63) is 59.1 Å². The molecule has 4 rings (SSSR count). The largest absolute Gasteiger partial charge is 0.385 e. The number of hydrogen-bond acceptors (Lipinski definition) is 5. The van der Waals surface area contributed by atoms with Crippen LogP contribution in [0, 0.1) is 12.8 Å². The van der Waals surface area contributed by atoms with E-state index in [-0.39, 0.29) is 5.92 Å². The zero-order chi connectivity index (χ0) is 18.8. The van der Waals surface area contributed by atoms with Gasteiger partial charge < -0.3 is 9.67 Å². The van der Waals surface area contributed by atoms with Crippen LogP contribution in [0.5, 0.6) is 0 Å². The Kier molecular flexibility index (Phi) is 5.38. The number of piperidine rings is 1. The smallest absolute Gasteiger partial charge is 0.137 e. The summed E-state index contributed by atoms with van der Waals surface area (Å²) in [5.41, 5.74) is 2.49. The highest BCUT2D eigenvalue weighted by Crippen LogP contribution is 2.32. The van der Waals surface area contributed by atoms with Gasteiger partial charge in [0.1, 0.15) is 16.9 Å². The molecule has 1 saturated heterocycles. The molecule has 0 bridgehead atoms. The van der Waals surface area contributed by atoms with Crippen LogP contribution in [0.15, 0.2) is 42.9 Å². The number of aromatic nitrogens is 3. The minimum absolute atomic E-state index is 0.284. The lowest BCUT2D eigenvalue weighted by Crippen LogP contribution is -2.35. The standard InChI is InChI=1S/C21H26N4OS/c1-15-5-3-4-6-18(15)21-23-13-17(27-21)14-25-10-7-16(8-11-25)19(26)20-22-9-12-24(20)2/h3-6,9,12-13,16,19,26H,7-8,10-11,14H2,1-2H3. The van der Waals surface area contributed by atoms with Gasteiger partial charge in [0.2, 0.25) is 0 Å². The molecule has 0 spiro atoms. The normalized spacial score (nSPS) is 17.3. The first-order valence-electron chi connectivity index (χ1n) is 9.50. The molecule has 1 aliphatic heterocycles. The molecular weight excluding hydrogens is 356 g/mol. The fourth-order valence-electron chi connectivity index (χ4n) is 3.84. The van der Waals surface area contributed by atoms with Crippen LogP contribution in [0.25, 0.3) is 10.6 Å². The van der Waals surface area contributed by atoms with E-state index in [1.165, 1.54) is 16.0 Å². The van der Waals surface area contributed by atoms with Crippen LogP contribution in [-0.4, -0.2) is 37.6 Å². The van der Waals surface area contributed by atoms with Crippen molar-refractivity contribution in [1.29, 1.82) is 0 Å². The molecule has 0 saturated carbocycles. The van der Waals surface area contributed by atoms with Gasteiger partial charge >= 0.3 is 0 Å². The molecule has 0 radical (unpaired) electrons. The van der Waals surface area contributed by atoms with Crippen LogP contribution in [0.4, 0.5) is 0 Å². The van der Waals surface area contributed by atoms with Crippen LogP contribution < -0.4 is 0 Å². The molecule has 5 nitrogen and oxygen atoms in total. The van der Waals surface area contributed by atoms with Gasteiger partial charge in [-0.3, -0.25) is 4.90 Å². The molecule has 6 heteroatoms. The maximum atomic E-state index is 10.6. The highest BCUT2D eigenvalue weighted by molar-refractivity contribution is 7.15. The average molecular weight is 383 g/mol. The Hall–Kier alpha value is -2.02. The van der Waals surface area contributed by atoms with Gasteiger partial charge in [-0.15, -0.1) is 11.3 Å². The van der Waals surface area contributed by atoms with E-state index >= 15 is 0 Å². The van der Waals surface area contributed by atoms with Crippen molar-refractivity contribution in [1.82, 2.24) is 19.4 Å². The van der Waals surface area contributed by atoms with Gasteiger partial charge in [-0.1, -0.05) is 24.3 Å². The monoisotopic (exact) mass is 382 g/mol. The molecule has 142 valence electrons. The summed E-state index contributed by atoms with van der Waals surface area (Å²) in [5.74, 6) is 1.06. The fraction of sp³-hybridized carbons (Fsp3) is 0.429. The van der Waals surface area contributed by atoms with E-state index in [0.29, 0.717) is 0 Å². The molecule has 27 heavy (non-hydrogen) atoms. The van der Waals surface area contributed by atoms with Gasteiger partial charge in [0.25, 0.3) is 0 Å². The molecule has 1 atom stereocenters. The Bertz CT molecular complexity index is 895. The number of aliphatic hydroxyl groups is 1. The summed E-state index contributed by atoms with van der Waals surface area (Å²) in [6.45, 7) is 5.08. The van der Waals surface area contributed by atoms with Gasteiger partial charge in [-0.05, 0) is 44.3 Å². The number of benzene rings is 1. The number of thiazole rings is 1. The molecule has 1 aromatic carbocycles. The van der Waals surface area contributed by atoms with E-state index in [2.05, 4.69) is 46.1 Å². The average Bonchev–Trinajstić information content (AvgIpc) is 3.31. The first kappa shape index (κ1) is 18.3. The van der Waals surface area contributed by atoms with E-state index in [4.69, 9.17) is 0 Å². The first-order valence-corrected chi connectivity index (χ1v) is 10.3. The Morgan fingerprint density at radius 1 is 1.22 bits per heavy atom. The molecule has 3 aromatic rings. The summed E-state index contributed by atoms with van der Waals surface area (Å²) in [6.07, 6.45) is 7.19. The molecule has 0 amide bonds. The van der Waals surface area contributed by atoms with E-state index in [9.17, 15) is 5.11 Å². The molecule has 0 aliphatic carbocycles. The Morgan fingerprint density at radius 3 is 2.70 bits per heavy atom. The summed E-state index contributed by atoms with van der Waals surface area (Å²) in [6, 6.07) is 8.41. The van der Waals surface area contributed by atoms with Crippen molar-refractivity contribution < 1.29 is 5.11 Å². The highest BCUT2D eigenvalue weighted by atomic mass is 32.1. The third-order valence-electron chi connectivity index (χ3n) is 5.51. The second-order valence-electron chi connectivity index (χ2n) is 7.40. The number of rotatable bonds is 5. The van der Waals surface area contributed by atoms with Crippen molar-refractivity contribution in [2.75, 3.05) is 13.1 Å². The molecule has 1 aliphatic rings. The molecule has 1 unspecified atom stereocenters. The number of aliphatic hydroxyl groups excluding tert-OH is 1. The van der Waals surface area contributed by atoms with Crippen molar-refractivity contribution >= 4 is 11.3 Å². The summed E-state index contributed by atoms with van der Waals surface area (Å²) in [4.78, 5) is 12.7. The maximum Gasteiger partial charge on any atom is 0.137 e. The van der Waals surface area contributed by atoms with Crippen LogP contribution in [0.2, 0.25) is 0 Å². The lowest BCUT2D eigenvalue weighted by atomic mass is 9.90. The fourth-order valence-corrected chi connectivity index (χ4v) is 4.88. The quantitative estimate of drug-likeness (QED) is 0.729. The molecule has 1 N–H and O–H groups in total. The maximum absolute atomic E-state index is 10.6. The van der Waals surface area contributed by atoms with E-state index < -0.39 is 6.10 Å². The number of nitrogens with zero attached hydrogens (tertiary/aromatic N) is 4. The molecular formula is C21H26N4OS. The first-order chi connectivity index (χ1) is 13.1. The van der Waals surface area contributed by atoms with Crippen LogP contribution in [0.1, 0.15) is 35.2 Å². The van der Waals surface area contributed by atoms with Crippen molar-refractivity contribution in [3.63, 3.8) is 0 Å². The van der Waals surface area contributed by atoms with Crippen LogP contribution in [-0.2, 0) is 13.6 Å². The number of likely N-dealkylation sites (tertiary alicyclic amines) is 1. The third kappa shape index (κ3) is 3.98. The Morgan fingerprint density at radius 2 is 2.00 bits per heavy atom. The topological polar surface area (TPSA) is 54.2 Å². The van der Waals surface area contributed by atoms with E-state index in [1.807, 2.05) is 24.0 Å². The second kappa shape index (κ2) is 7.92. The van der Waals surface area contributed by atoms with Gasteiger partial charge in [0, 0.05) is 42.6 Å². The SMILES string of the molecule is Cc1ccccc1-c1ncc(CN2CCC(C(O)c3nccn3C)CC2)s1. The minimum Gasteiger partial charge on any atom is -0.385 e. The zero-order valence-corrected chi connectivity index (χ0v) is 16.7. The Labute approximate surface area is 164 Å². The van der Waals surface area contributed by atoms with Crippen LogP contribution >= 0.6 is 11.3 Å². The molecule has 2 aromatic heterocycles. The highest BCUT2D eigenvalue weighted by Gasteiger charge is 2.28. The van der Waals surface area contributed by atoms with Gasteiger partial charge in [0.05, 0.1) is 0 Å². The van der Waals surface area contributed by atoms with Crippen molar-refractivity contribution in [2.24, 2.45) is 13.0 Å². The summed E-state index contributed by atoms with van der Waals surface area (Å²) in [5, 5.41) is 11.7. The number of hydrogen-bond donors (Lipinski definition) is 1. The predicted octanol–water partition coefficient (Wildman–Crippen LogP) is 3.80. The predicted molar refractivity (Wildman–Crippen MR) is 108 cm³/mol. The minimum atomic E-state index is -0.469. The van der Waals surface area contributed by atoms with Crippen molar-refractivity contribution in [2.45, 2.75) is 32.4 Å². The van der Waals surface area contributed by atoms with Crippen LogP contribution in [0.3, 0.4) is 0 Å². The lowest BCUT2D eigenvalue weighted by molar-refractivity contribution is 0.0494. The van der Waals surface area contributed by atoms with Gasteiger partial charge in [0.15, 0.2) is 0 Å². The Balaban J connectivity index is 1.35. The van der Waals surface area contributed by atoms with Gasteiger partial charge in [-0.25, -0.2) is 9.97 Å². The zero-order valence-electron chi connectivity index (χ0n) is 15.9. The summed E-state index contributed by atoms with van der Waals surface area (Å²) < 4.78 is 1.92. The van der Waals surface area contributed by atoms with E-state index in [1.54, 1.807) is 17.5 Å². The van der Waals surface area contributed by atoms with Gasteiger partial charge in [-0.2, -0.15) is 0 Å². The molecule has 1 fully saturated rings. The second-order valence-corrected chi connectivity index (χ2v) is 8.52. The third-order valence-corrected chi connectivity index (χ3v) is 6.53. The summed E-state index contributed by atoms with van der Waals surface area (Å²) >= 11 is 1.79. The summed E-state index contributed by atoms with van der Waals surface area (Å²) in [7, 11) is 1.94. The lowest BCUT2D eigenvalue weighted by Gasteiger charge is -2.33.